The van der Waals surface area contributed by atoms with E-state index in [9.17, 15) is 8.42 Å². The fourth-order valence-electron chi connectivity index (χ4n) is 1.07. The third-order valence-electron chi connectivity index (χ3n) is 1.96. The zero-order chi connectivity index (χ0) is 10.2. The van der Waals surface area contributed by atoms with Gasteiger partial charge >= 0.3 is 0 Å². The van der Waals surface area contributed by atoms with Gasteiger partial charge in [0.1, 0.15) is 4.21 Å². The van der Waals surface area contributed by atoms with Gasteiger partial charge < -0.3 is 5.11 Å². The van der Waals surface area contributed by atoms with Crippen LogP contribution < -0.4 is 4.72 Å². The highest BCUT2D eigenvalue weighted by molar-refractivity contribution is 7.91. The molecule has 78 valence electrons. The molecule has 0 spiro atoms. The maximum Gasteiger partial charge on any atom is 0.250 e. The van der Waals surface area contributed by atoms with Gasteiger partial charge in [-0.2, -0.15) is 0 Å². The first kappa shape index (κ1) is 10.1. The number of sulfonamides is 1. The highest BCUT2D eigenvalue weighted by Gasteiger charge is 2.28. The number of nitrogens with one attached hydrogen (secondary N) is 1. The van der Waals surface area contributed by atoms with E-state index in [1.165, 1.54) is 6.07 Å². The first-order valence-electron chi connectivity index (χ1n) is 4.34. The molecular weight excluding hydrogens is 222 g/mol. The predicted molar refractivity (Wildman–Crippen MR) is 53.6 cm³/mol. The van der Waals surface area contributed by atoms with Crippen molar-refractivity contribution in [3.63, 3.8) is 0 Å². The van der Waals surface area contributed by atoms with E-state index in [1.54, 1.807) is 6.07 Å². The first-order chi connectivity index (χ1) is 6.62. The molecule has 2 N–H and O–H groups in total. The standard InChI is InChI=1S/C8H11NO3S2/c10-5-7-3-4-8(13-7)14(11,12)9-6-1-2-6/h3-4,6,9-10H,1-2,5H2. The van der Waals surface area contributed by atoms with E-state index in [2.05, 4.69) is 4.72 Å². The van der Waals surface area contributed by atoms with Crippen LogP contribution in [0.25, 0.3) is 0 Å². The van der Waals surface area contributed by atoms with Crippen LogP contribution in [0, 0.1) is 0 Å². The van der Waals surface area contributed by atoms with E-state index in [0.717, 1.165) is 24.2 Å². The van der Waals surface area contributed by atoms with Crippen molar-refractivity contribution in [3.8, 4) is 0 Å². The van der Waals surface area contributed by atoms with Gasteiger partial charge in [-0.25, -0.2) is 13.1 Å². The molecule has 1 aromatic heterocycles. The highest BCUT2D eigenvalue weighted by atomic mass is 32.2. The van der Waals surface area contributed by atoms with Gasteiger partial charge in [-0.05, 0) is 25.0 Å². The third kappa shape index (κ3) is 2.14. The zero-order valence-corrected chi connectivity index (χ0v) is 9.07. The molecule has 2 rings (SSSR count). The lowest BCUT2D eigenvalue weighted by Gasteiger charge is -2.00. The van der Waals surface area contributed by atoms with Gasteiger partial charge in [0.2, 0.25) is 10.0 Å². The highest BCUT2D eigenvalue weighted by Crippen LogP contribution is 2.25. The summed E-state index contributed by atoms with van der Waals surface area (Å²) < 4.78 is 26.1. The Hall–Kier alpha value is -0.430. The van der Waals surface area contributed by atoms with Crippen LogP contribution in [0.15, 0.2) is 16.3 Å². The Labute approximate surface area is 86.6 Å². The molecule has 0 radical (unpaired) electrons. The average molecular weight is 233 g/mol. The predicted octanol–water partition coefficient (Wildman–Crippen LogP) is 0.681. The lowest BCUT2D eigenvalue weighted by Crippen LogP contribution is -2.24. The summed E-state index contributed by atoms with van der Waals surface area (Å²) in [5, 5.41) is 8.81. The lowest BCUT2D eigenvalue weighted by molar-refractivity contribution is 0.285. The quantitative estimate of drug-likeness (QED) is 0.803. The molecule has 1 aliphatic carbocycles. The summed E-state index contributed by atoms with van der Waals surface area (Å²) in [7, 11) is -3.33. The van der Waals surface area contributed by atoms with Crippen molar-refractivity contribution in [2.45, 2.75) is 29.7 Å². The van der Waals surface area contributed by atoms with Crippen LogP contribution in [0.1, 0.15) is 17.7 Å². The van der Waals surface area contributed by atoms with E-state index in [-0.39, 0.29) is 16.9 Å². The Bertz CT molecular complexity index is 420. The molecule has 1 aromatic rings. The average Bonchev–Trinajstić information content (AvgIpc) is 2.81. The summed E-state index contributed by atoms with van der Waals surface area (Å²) >= 11 is 1.11. The van der Waals surface area contributed by atoms with Crippen molar-refractivity contribution in [2.24, 2.45) is 0 Å². The summed E-state index contributed by atoms with van der Waals surface area (Å²) in [6, 6.07) is 3.28. The molecule has 14 heavy (non-hydrogen) atoms. The molecule has 0 saturated heterocycles. The number of thiophene rings is 1. The van der Waals surface area contributed by atoms with Crippen LogP contribution in [0.2, 0.25) is 0 Å². The summed E-state index contributed by atoms with van der Waals surface area (Å²) in [5.41, 5.74) is 0. The Kier molecular flexibility index (Phi) is 2.61. The van der Waals surface area contributed by atoms with Gasteiger partial charge in [0.15, 0.2) is 0 Å². The normalized spacial score (nSPS) is 17.2. The molecule has 4 nitrogen and oxygen atoms in total. The fraction of sp³-hybridized carbons (Fsp3) is 0.500. The molecule has 0 amide bonds. The molecule has 1 aliphatic rings. The second-order valence-corrected chi connectivity index (χ2v) is 6.38. The maximum atomic E-state index is 11.6. The van der Waals surface area contributed by atoms with Crippen molar-refractivity contribution in [3.05, 3.63) is 17.0 Å². The van der Waals surface area contributed by atoms with Gasteiger partial charge in [0.05, 0.1) is 6.61 Å². The van der Waals surface area contributed by atoms with Gasteiger partial charge in [0, 0.05) is 10.9 Å². The summed E-state index contributed by atoms with van der Waals surface area (Å²) in [5.74, 6) is 0. The first-order valence-corrected chi connectivity index (χ1v) is 6.64. The minimum absolute atomic E-state index is 0.108. The van der Waals surface area contributed by atoms with E-state index in [1.807, 2.05) is 0 Å². The van der Waals surface area contributed by atoms with Gasteiger partial charge in [-0.15, -0.1) is 11.3 Å². The third-order valence-corrected chi connectivity index (χ3v) is 5.04. The van der Waals surface area contributed by atoms with Crippen molar-refractivity contribution in [1.29, 1.82) is 0 Å². The van der Waals surface area contributed by atoms with Gasteiger partial charge in [0.25, 0.3) is 0 Å². The molecule has 1 saturated carbocycles. The van der Waals surface area contributed by atoms with Crippen molar-refractivity contribution in [1.82, 2.24) is 4.72 Å². The summed E-state index contributed by atoms with van der Waals surface area (Å²) in [4.78, 5) is 0.668. The van der Waals surface area contributed by atoms with E-state index in [4.69, 9.17) is 5.11 Å². The van der Waals surface area contributed by atoms with Crippen LogP contribution in [-0.4, -0.2) is 19.6 Å². The molecule has 0 bridgehead atoms. The van der Waals surface area contributed by atoms with Crippen molar-refractivity contribution >= 4 is 21.4 Å². The number of rotatable bonds is 4. The Morgan fingerprint density at radius 3 is 2.71 bits per heavy atom. The van der Waals surface area contributed by atoms with Crippen LogP contribution in [0.3, 0.4) is 0 Å². The maximum absolute atomic E-state index is 11.6. The minimum atomic E-state index is -3.33. The SMILES string of the molecule is O=S(=O)(NC1CC1)c1ccc(CO)s1. The van der Waals surface area contributed by atoms with Crippen molar-refractivity contribution < 1.29 is 13.5 Å². The van der Waals surface area contributed by atoms with Crippen LogP contribution in [0.4, 0.5) is 0 Å². The summed E-state index contributed by atoms with van der Waals surface area (Å²) in [6.07, 6.45) is 1.86. The number of aliphatic hydroxyl groups excluding tert-OH is 1. The number of hydrogen-bond acceptors (Lipinski definition) is 4. The molecule has 1 heterocycles. The van der Waals surface area contributed by atoms with E-state index >= 15 is 0 Å². The Balaban J connectivity index is 2.19. The van der Waals surface area contributed by atoms with Crippen LogP contribution in [-0.2, 0) is 16.6 Å². The molecule has 0 unspecified atom stereocenters. The van der Waals surface area contributed by atoms with Gasteiger partial charge in [-0.3, -0.25) is 0 Å². The van der Waals surface area contributed by atoms with E-state index in [0.29, 0.717) is 4.88 Å². The second-order valence-electron chi connectivity index (χ2n) is 3.27. The van der Waals surface area contributed by atoms with Crippen LogP contribution in [0.5, 0.6) is 0 Å². The minimum Gasteiger partial charge on any atom is -0.391 e. The monoisotopic (exact) mass is 233 g/mol. The molecule has 0 aromatic carbocycles. The van der Waals surface area contributed by atoms with E-state index < -0.39 is 10.0 Å². The lowest BCUT2D eigenvalue weighted by atomic mass is 10.5. The topological polar surface area (TPSA) is 66.4 Å². The number of aliphatic hydroxyl groups is 1. The molecular formula is C8H11NO3S2. The second kappa shape index (κ2) is 3.62. The largest absolute Gasteiger partial charge is 0.391 e. The zero-order valence-electron chi connectivity index (χ0n) is 7.43. The Morgan fingerprint density at radius 2 is 2.21 bits per heavy atom. The van der Waals surface area contributed by atoms with Crippen LogP contribution >= 0.6 is 11.3 Å². The molecule has 0 aliphatic heterocycles. The molecule has 0 atom stereocenters. The fourth-order valence-corrected chi connectivity index (χ4v) is 3.60. The van der Waals surface area contributed by atoms with Gasteiger partial charge in [-0.1, -0.05) is 0 Å². The smallest absolute Gasteiger partial charge is 0.250 e. The molecule has 1 fully saturated rings. The molecule has 6 heteroatoms. The van der Waals surface area contributed by atoms with Crippen molar-refractivity contribution in [2.75, 3.05) is 0 Å². The summed E-state index contributed by atoms with van der Waals surface area (Å²) in [6.45, 7) is -0.108. The Morgan fingerprint density at radius 1 is 1.50 bits per heavy atom. The number of hydrogen-bond donors (Lipinski definition) is 2.